The molecule has 1 aliphatic heterocycles. The molecule has 2 heterocycles. The van der Waals surface area contributed by atoms with Gasteiger partial charge in [-0.05, 0) is 43.5 Å². The average Bonchev–Trinajstić information content (AvgIpc) is 3.36. The molecule has 0 bridgehead atoms. The van der Waals surface area contributed by atoms with Gasteiger partial charge in [-0.3, -0.25) is 9.59 Å². The van der Waals surface area contributed by atoms with E-state index in [4.69, 9.17) is 9.47 Å². The third-order valence-corrected chi connectivity index (χ3v) is 5.64. The molecule has 2 aliphatic rings. The van der Waals surface area contributed by atoms with Crippen LogP contribution in [0.4, 0.5) is 0 Å². The van der Waals surface area contributed by atoms with Gasteiger partial charge in [-0.25, -0.2) is 0 Å². The predicted molar refractivity (Wildman–Crippen MR) is 101 cm³/mol. The number of amides is 1. The van der Waals surface area contributed by atoms with E-state index >= 15 is 0 Å². The quantitative estimate of drug-likeness (QED) is 0.794. The second-order valence-electron chi connectivity index (χ2n) is 7.39. The number of nitrogens with one attached hydrogen (secondary N) is 2. The Kier molecular flexibility index (Phi) is 4.64. The van der Waals surface area contributed by atoms with E-state index in [0.29, 0.717) is 31.0 Å². The minimum Gasteiger partial charge on any atom is -0.486 e. The molecule has 0 radical (unpaired) electrons. The van der Waals surface area contributed by atoms with Crippen LogP contribution in [0, 0.1) is 0 Å². The summed E-state index contributed by atoms with van der Waals surface area (Å²) >= 11 is 0. The minimum absolute atomic E-state index is 0.0613. The van der Waals surface area contributed by atoms with Gasteiger partial charge in [-0.1, -0.05) is 18.9 Å². The maximum absolute atomic E-state index is 12.5. The molecule has 1 saturated carbocycles. The molecule has 0 atom stereocenters. The first-order valence-corrected chi connectivity index (χ1v) is 9.45. The zero-order valence-corrected chi connectivity index (χ0v) is 15.5. The SMILES string of the molecule is CC(=O)c1c[nH]c(C(=O)NCC2(c3ccc4c(c3)OCCO4)CCCC2)c1. The van der Waals surface area contributed by atoms with Crippen molar-refractivity contribution < 1.29 is 19.1 Å². The second kappa shape index (κ2) is 7.10. The Morgan fingerprint density at radius 1 is 1.11 bits per heavy atom. The fourth-order valence-corrected chi connectivity index (χ4v) is 4.07. The lowest BCUT2D eigenvalue weighted by molar-refractivity contribution is 0.0938. The molecule has 27 heavy (non-hydrogen) atoms. The lowest BCUT2D eigenvalue weighted by atomic mass is 9.78. The summed E-state index contributed by atoms with van der Waals surface area (Å²) in [5.74, 6) is 1.32. The zero-order chi connectivity index (χ0) is 18.9. The van der Waals surface area contributed by atoms with Gasteiger partial charge in [0, 0.05) is 23.7 Å². The van der Waals surface area contributed by atoms with E-state index in [0.717, 1.165) is 37.2 Å². The van der Waals surface area contributed by atoms with Gasteiger partial charge in [0.15, 0.2) is 17.3 Å². The number of rotatable bonds is 5. The monoisotopic (exact) mass is 368 g/mol. The second-order valence-corrected chi connectivity index (χ2v) is 7.39. The summed E-state index contributed by atoms with van der Waals surface area (Å²) in [7, 11) is 0. The van der Waals surface area contributed by atoms with Crippen LogP contribution in [0.25, 0.3) is 0 Å². The highest BCUT2D eigenvalue weighted by Crippen LogP contribution is 2.43. The van der Waals surface area contributed by atoms with Gasteiger partial charge < -0.3 is 19.8 Å². The van der Waals surface area contributed by atoms with E-state index in [1.807, 2.05) is 6.07 Å². The molecule has 0 saturated heterocycles. The van der Waals surface area contributed by atoms with Crippen molar-refractivity contribution in [3.8, 4) is 11.5 Å². The molecule has 0 spiro atoms. The molecule has 1 aliphatic carbocycles. The van der Waals surface area contributed by atoms with Gasteiger partial charge in [-0.15, -0.1) is 0 Å². The first-order valence-electron chi connectivity index (χ1n) is 9.45. The van der Waals surface area contributed by atoms with Crippen LogP contribution in [0.15, 0.2) is 30.5 Å². The molecular formula is C21H24N2O4. The lowest BCUT2D eigenvalue weighted by Crippen LogP contribution is -2.39. The number of hydrogen-bond acceptors (Lipinski definition) is 4. The molecule has 1 aromatic carbocycles. The average molecular weight is 368 g/mol. The third kappa shape index (κ3) is 3.44. The summed E-state index contributed by atoms with van der Waals surface area (Å²) in [6.45, 7) is 3.18. The lowest BCUT2D eigenvalue weighted by Gasteiger charge is -2.31. The number of carbonyl (C=O) groups is 2. The van der Waals surface area contributed by atoms with Crippen LogP contribution in [0.2, 0.25) is 0 Å². The van der Waals surface area contributed by atoms with E-state index in [1.54, 1.807) is 12.3 Å². The third-order valence-electron chi connectivity index (χ3n) is 5.64. The first-order chi connectivity index (χ1) is 13.1. The highest BCUT2D eigenvalue weighted by atomic mass is 16.6. The van der Waals surface area contributed by atoms with Crippen molar-refractivity contribution in [3.05, 3.63) is 47.3 Å². The van der Waals surface area contributed by atoms with Crippen LogP contribution in [0.3, 0.4) is 0 Å². The summed E-state index contributed by atoms with van der Waals surface area (Å²) < 4.78 is 11.4. The van der Waals surface area contributed by atoms with Crippen LogP contribution < -0.4 is 14.8 Å². The number of fused-ring (bicyclic) bond motifs is 1. The Morgan fingerprint density at radius 2 is 1.85 bits per heavy atom. The molecule has 6 nitrogen and oxygen atoms in total. The van der Waals surface area contributed by atoms with Crippen LogP contribution >= 0.6 is 0 Å². The van der Waals surface area contributed by atoms with E-state index in [9.17, 15) is 9.59 Å². The Morgan fingerprint density at radius 3 is 2.56 bits per heavy atom. The summed E-state index contributed by atoms with van der Waals surface area (Å²) in [6, 6.07) is 7.72. The molecule has 6 heteroatoms. The molecule has 142 valence electrons. The number of benzene rings is 1. The van der Waals surface area contributed by atoms with E-state index in [-0.39, 0.29) is 17.1 Å². The number of aromatic amines is 1. The van der Waals surface area contributed by atoms with Gasteiger partial charge in [0.05, 0.1) is 0 Å². The number of ketones is 1. The fraction of sp³-hybridized carbons (Fsp3) is 0.429. The molecule has 2 N–H and O–H groups in total. The maximum Gasteiger partial charge on any atom is 0.267 e. The van der Waals surface area contributed by atoms with Gasteiger partial charge in [0.25, 0.3) is 5.91 Å². The number of carbonyl (C=O) groups excluding carboxylic acids is 2. The van der Waals surface area contributed by atoms with Gasteiger partial charge in [0.2, 0.25) is 0 Å². The summed E-state index contributed by atoms with van der Waals surface area (Å²) in [5.41, 5.74) is 2.01. The van der Waals surface area contributed by atoms with Crippen LogP contribution in [-0.2, 0) is 5.41 Å². The van der Waals surface area contributed by atoms with Crippen molar-refractivity contribution in [2.75, 3.05) is 19.8 Å². The highest BCUT2D eigenvalue weighted by Gasteiger charge is 2.37. The molecule has 4 rings (SSSR count). The Labute approximate surface area is 158 Å². The fourth-order valence-electron chi connectivity index (χ4n) is 4.07. The normalized spacial score (nSPS) is 17.5. The van der Waals surface area contributed by atoms with Crippen molar-refractivity contribution in [3.63, 3.8) is 0 Å². The Hall–Kier alpha value is -2.76. The van der Waals surface area contributed by atoms with Crippen molar-refractivity contribution >= 4 is 11.7 Å². The smallest absolute Gasteiger partial charge is 0.267 e. The van der Waals surface area contributed by atoms with Crippen molar-refractivity contribution in [1.82, 2.24) is 10.3 Å². The number of ether oxygens (including phenoxy) is 2. The highest BCUT2D eigenvalue weighted by molar-refractivity contribution is 5.99. The molecule has 1 fully saturated rings. The minimum atomic E-state index is -0.189. The standard InChI is InChI=1S/C21H24N2O4/c1-14(24)15-10-17(22-12-15)20(25)23-13-21(6-2-3-7-21)16-4-5-18-19(11-16)27-9-8-26-18/h4-5,10-12,22H,2-3,6-9,13H2,1H3,(H,23,25). The summed E-state index contributed by atoms with van der Waals surface area (Å²) in [4.78, 5) is 26.9. The van der Waals surface area contributed by atoms with E-state index < -0.39 is 0 Å². The number of aromatic nitrogens is 1. The molecular weight excluding hydrogens is 344 g/mol. The topological polar surface area (TPSA) is 80.4 Å². The van der Waals surface area contributed by atoms with Crippen LogP contribution in [0.5, 0.6) is 11.5 Å². The van der Waals surface area contributed by atoms with Gasteiger partial charge >= 0.3 is 0 Å². The Balaban J connectivity index is 1.52. The van der Waals surface area contributed by atoms with Crippen molar-refractivity contribution in [2.24, 2.45) is 0 Å². The van der Waals surface area contributed by atoms with E-state index in [1.165, 1.54) is 12.5 Å². The van der Waals surface area contributed by atoms with Gasteiger partial charge in [-0.2, -0.15) is 0 Å². The van der Waals surface area contributed by atoms with E-state index in [2.05, 4.69) is 22.4 Å². The predicted octanol–water partition coefficient (Wildman–Crippen LogP) is 3.23. The van der Waals surface area contributed by atoms with Crippen molar-refractivity contribution in [1.29, 1.82) is 0 Å². The first kappa shape index (κ1) is 17.6. The summed E-state index contributed by atoms with van der Waals surface area (Å²) in [6.07, 6.45) is 5.90. The summed E-state index contributed by atoms with van der Waals surface area (Å²) in [5, 5.41) is 3.06. The van der Waals surface area contributed by atoms with Crippen molar-refractivity contribution in [2.45, 2.75) is 38.0 Å². The zero-order valence-electron chi connectivity index (χ0n) is 15.5. The maximum atomic E-state index is 12.5. The van der Waals surface area contributed by atoms with Gasteiger partial charge in [0.1, 0.15) is 18.9 Å². The molecule has 0 unspecified atom stereocenters. The molecule has 1 amide bonds. The number of H-pyrrole nitrogens is 1. The van der Waals surface area contributed by atoms with Crippen LogP contribution in [-0.4, -0.2) is 36.4 Å². The number of Topliss-reactive ketones (excluding diaryl/α,β-unsaturated/α-hetero) is 1. The van der Waals surface area contributed by atoms with Crippen LogP contribution in [0.1, 0.15) is 59.0 Å². The molecule has 2 aromatic rings. The Bertz CT molecular complexity index is 865. The largest absolute Gasteiger partial charge is 0.486 e. The number of hydrogen-bond donors (Lipinski definition) is 2. The molecule has 1 aromatic heterocycles.